The van der Waals surface area contributed by atoms with E-state index in [1.165, 1.54) is 0 Å². The Bertz CT molecular complexity index is 1050. The van der Waals surface area contributed by atoms with Gasteiger partial charge in [-0.05, 0) is 43.9 Å². The smallest absolute Gasteiger partial charge is 0.222 e. The van der Waals surface area contributed by atoms with Crippen LogP contribution in [0.25, 0.3) is 11.3 Å². The molecule has 1 saturated carbocycles. The van der Waals surface area contributed by atoms with Crippen LogP contribution in [0.4, 0.5) is 0 Å². The van der Waals surface area contributed by atoms with Gasteiger partial charge in [-0.15, -0.1) is 0 Å². The van der Waals surface area contributed by atoms with Crippen LogP contribution in [0, 0.1) is 6.92 Å². The first kappa shape index (κ1) is 24.5. The van der Waals surface area contributed by atoms with Crippen LogP contribution in [0.15, 0.2) is 54.6 Å². The summed E-state index contributed by atoms with van der Waals surface area (Å²) in [5.74, 6) is 1.54. The molecule has 0 bridgehead atoms. The number of nitrogens with zero attached hydrogens (tertiary/aromatic N) is 3. The molecule has 1 aromatic heterocycles. The molecule has 34 heavy (non-hydrogen) atoms. The molecule has 1 fully saturated rings. The van der Waals surface area contributed by atoms with Crippen molar-refractivity contribution in [3.05, 3.63) is 65.7 Å². The number of rotatable bonds is 13. The highest BCUT2D eigenvalue weighted by atomic mass is 16.5. The average Bonchev–Trinajstić information content (AvgIpc) is 3.64. The lowest BCUT2D eigenvalue weighted by molar-refractivity contribution is 0.0127. The van der Waals surface area contributed by atoms with Gasteiger partial charge < -0.3 is 14.6 Å². The number of benzene rings is 2. The van der Waals surface area contributed by atoms with Crippen molar-refractivity contribution in [3.63, 3.8) is 0 Å². The first-order valence-electron chi connectivity index (χ1n) is 12.4. The number of ether oxygens (including phenoxy) is 2. The summed E-state index contributed by atoms with van der Waals surface area (Å²) in [6, 6.07) is 18.8. The third-order valence-corrected chi connectivity index (χ3v) is 6.16. The van der Waals surface area contributed by atoms with E-state index in [0.717, 1.165) is 59.7 Å². The van der Waals surface area contributed by atoms with Crippen molar-refractivity contribution in [3.8, 4) is 22.9 Å². The molecule has 1 aliphatic rings. The fraction of sp³-hybridized carbons (Fsp3) is 0.464. The van der Waals surface area contributed by atoms with Crippen molar-refractivity contribution in [2.75, 3.05) is 19.8 Å². The van der Waals surface area contributed by atoms with Crippen LogP contribution >= 0.6 is 0 Å². The molecule has 182 valence electrons. The summed E-state index contributed by atoms with van der Waals surface area (Å²) in [5.41, 5.74) is 4.17. The van der Waals surface area contributed by atoms with E-state index >= 15 is 0 Å². The minimum atomic E-state index is -0.518. The summed E-state index contributed by atoms with van der Waals surface area (Å²) < 4.78 is 13.9. The molecule has 6 heteroatoms. The monoisotopic (exact) mass is 463 g/mol. The standard InChI is InChI=1S/C28H37N3O3/c1-4-5-16-33-20-24(32)18-31(23-14-15-23)19-26-27(22-11-7-6-8-12-22)29-30(3)28(26)34-25-13-9-10-21(2)17-25/h6-13,17,23-24,32H,4-5,14-16,18-20H2,1-3H3/t24-/m0/s1. The van der Waals surface area contributed by atoms with Crippen LogP contribution in [0.5, 0.6) is 11.6 Å². The van der Waals surface area contributed by atoms with Crippen LogP contribution in [0.1, 0.15) is 43.7 Å². The maximum absolute atomic E-state index is 10.7. The van der Waals surface area contributed by atoms with Gasteiger partial charge in [0.2, 0.25) is 5.88 Å². The van der Waals surface area contributed by atoms with Crippen molar-refractivity contribution in [1.82, 2.24) is 14.7 Å². The molecule has 4 rings (SSSR count). The Hall–Kier alpha value is -2.67. The van der Waals surface area contributed by atoms with E-state index in [2.05, 4.69) is 36.9 Å². The molecule has 0 radical (unpaired) electrons. The van der Waals surface area contributed by atoms with Crippen LogP contribution < -0.4 is 4.74 Å². The minimum Gasteiger partial charge on any atom is -0.439 e. The van der Waals surface area contributed by atoms with E-state index in [-0.39, 0.29) is 0 Å². The first-order chi connectivity index (χ1) is 16.5. The lowest BCUT2D eigenvalue weighted by atomic mass is 10.1. The van der Waals surface area contributed by atoms with Gasteiger partial charge >= 0.3 is 0 Å². The highest BCUT2D eigenvalue weighted by molar-refractivity contribution is 5.65. The Balaban J connectivity index is 1.60. The van der Waals surface area contributed by atoms with Crippen molar-refractivity contribution in [1.29, 1.82) is 0 Å². The van der Waals surface area contributed by atoms with Gasteiger partial charge in [0.05, 0.1) is 18.3 Å². The van der Waals surface area contributed by atoms with Crippen molar-refractivity contribution in [2.24, 2.45) is 7.05 Å². The number of unbranched alkanes of at least 4 members (excludes halogenated alkanes) is 1. The third-order valence-electron chi connectivity index (χ3n) is 6.16. The molecular formula is C28H37N3O3. The van der Waals surface area contributed by atoms with E-state index < -0.39 is 6.10 Å². The number of aryl methyl sites for hydroxylation is 2. The second kappa shape index (κ2) is 11.6. The molecule has 0 saturated heterocycles. The molecule has 0 spiro atoms. The van der Waals surface area contributed by atoms with Gasteiger partial charge in [-0.3, -0.25) is 4.90 Å². The molecule has 0 amide bonds. The van der Waals surface area contributed by atoms with E-state index in [0.29, 0.717) is 32.3 Å². The summed E-state index contributed by atoms with van der Waals surface area (Å²) in [7, 11) is 1.93. The predicted octanol–water partition coefficient (Wildman–Crippen LogP) is 5.33. The zero-order valence-corrected chi connectivity index (χ0v) is 20.6. The molecule has 2 aromatic carbocycles. The topological polar surface area (TPSA) is 59.8 Å². The molecular weight excluding hydrogens is 426 g/mol. The fourth-order valence-corrected chi connectivity index (χ4v) is 4.22. The van der Waals surface area contributed by atoms with Crippen molar-refractivity contribution in [2.45, 2.75) is 58.2 Å². The Morgan fingerprint density at radius 2 is 1.94 bits per heavy atom. The second-order valence-corrected chi connectivity index (χ2v) is 9.28. The summed E-state index contributed by atoms with van der Waals surface area (Å²) in [6.07, 6.45) is 3.90. The molecule has 3 aromatic rings. The molecule has 0 aliphatic heterocycles. The Kier molecular flexibility index (Phi) is 8.38. The zero-order chi connectivity index (χ0) is 23.9. The normalized spacial score (nSPS) is 14.5. The van der Waals surface area contributed by atoms with Gasteiger partial charge in [-0.2, -0.15) is 5.10 Å². The summed E-state index contributed by atoms with van der Waals surface area (Å²) in [6.45, 7) is 6.51. The predicted molar refractivity (Wildman–Crippen MR) is 135 cm³/mol. The lowest BCUT2D eigenvalue weighted by Gasteiger charge is -2.25. The Morgan fingerprint density at radius 1 is 1.15 bits per heavy atom. The number of aliphatic hydroxyl groups is 1. The first-order valence-corrected chi connectivity index (χ1v) is 12.4. The van der Waals surface area contributed by atoms with E-state index in [9.17, 15) is 5.11 Å². The summed E-state index contributed by atoms with van der Waals surface area (Å²) in [5, 5.41) is 15.5. The van der Waals surface area contributed by atoms with E-state index in [1.807, 2.05) is 48.1 Å². The Labute approximate surface area is 203 Å². The van der Waals surface area contributed by atoms with Gasteiger partial charge in [-0.1, -0.05) is 55.8 Å². The van der Waals surface area contributed by atoms with Crippen molar-refractivity contribution >= 4 is 0 Å². The zero-order valence-electron chi connectivity index (χ0n) is 20.6. The number of hydrogen-bond donors (Lipinski definition) is 1. The van der Waals surface area contributed by atoms with Crippen LogP contribution in [-0.4, -0.2) is 51.7 Å². The highest BCUT2D eigenvalue weighted by Gasteiger charge is 2.33. The van der Waals surface area contributed by atoms with Crippen LogP contribution in [0.3, 0.4) is 0 Å². The molecule has 1 atom stereocenters. The molecule has 1 N–H and O–H groups in total. The fourth-order valence-electron chi connectivity index (χ4n) is 4.22. The average molecular weight is 464 g/mol. The molecule has 6 nitrogen and oxygen atoms in total. The number of aromatic nitrogens is 2. The lowest BCUT2D eigenvalue weighted by Crippen LogP contribution is -2.36. The van der Waals surface area contributed by atoms with Crippen LogP contribution in [0.2, 0.25) is 0 Å². The summed E-state index contributed by atoms with van der Waals surface area (Å²) >= 11 is 0. The second-order valence-electron chi connectivity index (χ2n) is 9.28. The molecule has 1 heterocycles. The maximum atomic E-state index is 10.7. The molecule has 0 unspecified atom stereocenters. The van der Waals surface area contributed by atoms with Gasteiger partial charge in [0, 0.05) is 38.3 Å². The highest BCUT2D eigenvalue weighted by Crippen LogP contribution is 2.37. The van der Waals surface area contributed by atoms with Crippen molar-refractivity contribution < 1.29 is 14.6 Å². The summed E-state index contributed by atoms with van der Waals surface area (Å²) in [4.78, 5) is 2.36. The van der Waals surface area contributed by atoms with Gasteiger partial charge in [0.15, 0.2) is 0 Å². The number of hydrogen-bond acceptors (Lipinski definition) is 5. The SMILES string of the molecule is CCCCOC[C@@H](O)CN(Cc1c(-c2ccccc2)nn(C)c1Oc1cccc(C)c1)C1CC1. The van der Waals surface area contributed by atoms with E-state index in [4.69, 9.17) is 14.6 Å². The quantitative estimate of drug-likeness (QED) is 0.347. The van der Waals surface area contributed by atoms with Gasteiger partial charge in [0.25, 0.3) is 0 Å². The third kappa shape index (κ3) is 6.47. The van der Waals surface area contributed by atoms with Gasteiger partial charge in [0.1, 0.15) is 11.4 Å². The Morgan fingerprint density at radius 3 is 2.65 bits per heavy atom. The maximum Gasteiger partial charge on any atom is 0.222 e. The number of aliphatic hydroxyl groups excluding tert-OH is 1. The van der Waals surface area contributed by atoms with Crippen LogP contribution in [-0.2, 0) is 18.3 Å². The van der Waals surface area contributed by atoms with E-state index in [1.54, 1.807) is 0 Å². The van der Waals surface area contributed by atoms with Gasteiger partial charge in [-0.25, -0.2) is 4.68 Å². The largest absolute Gasteiger partial charge is 0.439 e. The minimum absolute atomic E-state index is 0.369. The molecule has 1 aliphatic carbocycles.